The Morgan fingerprint density at radius 1 is 1.40 bits per heavy atom. The summed E-state index contributed by atoms with van der Waals surface area (Å²) in [6, 6.07) is 0. The third kappa shape index (κ3) is 1.23. The molecule has 0 radical (unpaired) electrons. The highest BCUT2D eigenvalue weighted by atomic mass is 16.7. The van der Waals surface area contributed by atoms with Crippen LogP contribution in [-0.2, 0) is 23.7 Å². The summed E-state index contributed by atoms with van der Waals surface area (Å²) in [6.45, 7) is 8.50. The van der Waals surface area contributed by atoms with Gasteiger partial charge in [0.25, 0.3) is 0 Å². The average molecular weight is 282 g/mol. The minimum absolute atomic E-state index is 0.0228. The van der Waals surface area contributed by atoms with Crippen molar-refractivity contribution < 1.29 is 23.7 Å². The van der Waals surface area contributed by atoms with Gasteiger partial charge in [-0.25, -0.2) is 0 Å². The summed E-state index contributed by atoms with van der Waals surface area (Å²) in [4.78, 5) is 12.4. The van der Waals surface area contributed by atoms with Crippen LogP contribution >= 0.6 is 0 Å². The Morgan fingerprint density at radius 2 is 2.10 bits per heavy atom. The molecule has 2 heterocycles. The first kappa shape index (κ1) is 14.0. The van der Waals surface area contributed by atoms with E-state index >= 15 is 0 Å². The molecule has 112 valence electrons. The van der Waals surface area contributed by atoms with Crippen LogP contribution in [0.1, 0.15) is 20.3 Å². The monoisotopic (exact) mass is 282 g/mol. The summed E-state index contributed by atoms with van der Waals surface area (Å²) in [6.07, 6.45) is 2.67. The van der Waals surface area contributed by atoms with Gasteiger partial charge in [-0.2, -0.15) is 0 Å². The van der Waals surface area contributed by atoms with Crippen LogP contribution in [0.5, 0.6) is 0 Å². The Bertz CT molecular complexity index is 459. The zero-order chi connectivity index (χ0) is 14.8. The smallest absolute Gasteiger partial charge is 0.315 e. The molecular formula is C15H22O5. The Hall–Kier alpha value is -0.910. The number of hydrogen-bond acceptors (Lipinski definition) is 5. The van der Waals surface area contributed by atoms with Gasteiger partial charge in [0.2, 0.25) is 0 Å². The molecule has 5 atom stereocenters. The third-order valence-corrected chi connectivity index (χ3v) is 5.51. The first-order chi connectivity index (χ1) is 9.41. The second kappa shape index (κ2) is 4.06. The minimum Gasteiger partial charge on any atom is -0.469 e. The number of carbonyl (C=O) groups excluding carboxylic acids is 1. The van der Waals surface area contributed by atoms with Crippen LogP contribution in [0, 0.1) is 17.3 Å². The summed E-state index contributed by atoms with van der Waals surface area (Å²) < 4.78 is 22.8. The van der Waals surface area contributed by atoms with E-state index in [2.05, 4.69) is 6.58 Å². The summed E-state index contributed by atoms with van der Waals surface area (Å²) in [7, 11) is 2.97. The van der Waals surface area contributed by atoms with E-state index < -0.39 is 22.7 Å². The van der Waals surface area contributed by atoms with Gasteiger partial charge >= 0.3 is 5.97 Å². The van der Waals surface area contributed by atoms with Crippen molar-refractivity contribution in [2.45, 2.75) is 37.8 Å². The van der Waals surface area contributed by atoms with E-state index in [4.69, 9.17) is 18.9 Å². The molecule has 0 amide bonds. The maximum Gasteiger partial charge on any atom is 0.315 e. The van der Waals surface area contributed by atoms with E-state index in [1.54, 1.807) is 7.11 Å². The van der Waals surface area contributed by atoms with Gasteiger partial charge in [-0.05, 0) is 20.3 Å². The largest absolute Gasteiger partial charge is 0.469 e. The van der Waals surface area contributed by atoms with Crippen molar-refractivity contribution in [3.05, 3.63) is 12.7 Å². The molecule has 0 aromatic heterocycles. The first-order valence-corrected chi connectivity index (χ1v) is 6.99. The van der Waals surface area contributed by atoms with Crippen molar-refractivity contribution in [3.8, 4) is 0 Å². The fraction of sp³-hybridized carbons (Fsp3) is 0.800. The second-order valence-electron chi connectivity index (χ2n) is 6.30. The molecule has 2 saturated heterocycles. The molecule has 3 aliphatic rings. The quantitative estimate of drug-likeness (QED) is 0.580. The molecule has 0 spiro atoms. The van der Waals surface area contributed by atoms with Crippen LogP contribution in [0.3, 0.4) is 0 Å². The van der Waals surface area contributed by atoms with E-state index in [-0.39, 0.29) is 18.0 Å². The number of esters is 1. The van der Waals surface area contributed by atoms with Crippen molar-refractivity contribution in [1.29, 1.82) is 0 Å². The Kier molecular flexibility index (Phi) is 2.85. The highest BCUT2D eigenvalue weighted by Crippen LogP contribution is 2.73. The van der Waals surface area contributed by atoms with Crippen molar-refractivity contribution in [1.82, 2.24) is 0 Å². The number of hydrogen-bond donors (Lipinski definition) is 0. The van der Waals surface area contributed by atoms with Gasteiger partial charge in [0.15, 0.2) is 5.79 Å². The Morgan fingerprint density at radius 3 is 2.65 bits per heavy atom. The number of methoxy groups -OCH3 is 2. The van der Waals surface area contributed by atoms with E-state index in [0.717, 1.165) is 6.42 Å². The standard InChI is InChI=1S/C15H22O5/c1-6-14-10-9(20-13(14,2)3)7-8-19-15(10,18-5)11(14)12(16)17-4/h6,9-11H,1,7-8H2,2-5H3/t9-,10+,11+,14-,15+/m0/s1. The lowest BCUT2D eigenvalue weighted by atomic mass is 9.43. The minimum atomic E-state index is -0.946. The molecule has 1 saturated carbocycles. The van der Waals surface area contributed by atoms with Crippen molar-refractivity contribution in [2.24, 2.45) is 17.3 Å². The molecule has 0 aromatic carbocycles. The van der Waals surface area contributed by atoms with E-state index in [9.17, 15) is 4.79 Å². The van der Waals surface area contributed by atoms with E-state index in [0.29, 0.717) is 6.61 Å². The van der Waals surface area contributed by atoms with Gasteiger partial charge in [-0.1, -0.05) is 6.08 Å². The van der Waals surface area contributed by atoms with Gasteiger partial charge in [0, 0.05) is 12.5 Å². The molecule has 0 bridgehead atoms. The predicted octanol–water partition coefficient (Wildman–Crippen LogP) is 1.52. The van der Waals surface area contributed by atoms with Crippen molar-refractivity contribution in [3.63, 3.8) is 0 Å². The highest BCUT2D eigenvalue weighted by molar-refractivity contribution is 5.78. The molecule has 5 nitrogen and oxygen atoms in total. The molecule has 2 aliphatic heterocycles. The third-order valence-electron chi connectivity index (χ3n) is 5.51. The fourth-order valence-electron chi connectivity index (χ4n) is 4.77. The summed E-state index contributed by atoms with van der Waals surface area (Å²) >= 11 is 0. The summed E-state index contributed by atoms with van der Waals surface area (Å²) in [5.41, 5.74) is -1.01. The van der Waals surface area contributed by atoms with Crippen molar-refractivity contribution >= 4 is 5.97 Å². The number of ether oxygens (including phenoxy) is 4. The Balaban J connectivity index is 2.16. The second-order valence-corrected chi connectivity index (χ2v) is 6.30. The van der Waals surface area contributed by atoms with Gasteiger partial charge < -0.3 is 18.9 Å². The molecule has 0 N–H and O–H groups in total. The van der Waals surface area contributed by atoms with Gasteiger partial charge in [-0.3, -0.25) is 4.79 Å². The zero-order valence-electron chi connectivity index (χ0n) is 12.5. The van der Waals surface area contributed by atoms with E-state index in [1.807, 2.05) is 19.9 Å². The van der Waals surface area contributed by atoms with Crippen LogP contribution < -0.4 is 0 Å². The molecule has 1 aliphatic carbocycles. The molecule has 3 rings (SSSR count). The number of rotatable bonds is 3. The SMILES string of the molecule is C=C[C@]12[C@@H](C(=O)OC)[C@]3(OC)OCC[C@H](OC1(C)C)[C@@H]32. The normalized spacial score (nSPS) is 48.1. The molecule has 3 fully saturated rings. The predicted molar refractivity (Wildman–Crippen MR) is 70.9 cm³/mol. The molecule has 20 heavy (non-hydrogen) atoms. The van der Waals surface area contributed by atoms with Crippen LogP contribution in [-0.4, -0.2) is 44.3 Å². The van der Waals surface area contributed by atoms with Crippen LogP contribution in [0.25, 0.3) is 0 Å². The zero-order valence-corrected chi connectivity index (χ0v) is 12.5. The lowest BCUT2D eigenvalue weighted by Gasteiger charge is -2.65. The molecule has 5 heteroatoms. The first-order valence-electron chi connectivity index (χ1n) is 6.99. The summed E-state index contributed by atoms with van der Waals surface area (Å²) in [5, 5.41) is 0. The lowest BCUT2D eigenvalue weighted by Crippen LogP contribution is -2.77. The van der Waals surface area contributed by atoms with Gasteiger partial charge in [0.05, 0.1) is 31.3 Å². The summed E-state index contributed by atoms with van der Waals surface area (Å²) in [5.74, 6) is -1.85. The average Bonchev–Trinajstić information content (AvgIpc) is 2.62. The van der Waals surface area contributed by atoms with E-state index in [1.165, 1.54) is 7.11 Å². The maximum absolute atomic E-state index is 12.4. The highest BCUT2D eigenvalue weighted by Gasteiger charge is 2.85. The van der Waals surface area contributed by atoms with Crippen LogP contribution in [0.2, 0.25) is 0 Å². The van der Waals surface area contributed by atoms with Gasteiger partial charge in [-0.15, -0.1) is 6.58 Å². The van der Waals surface area contributed by atoms with Crippen LogP contribution in [0.4, 0.5) is 0 Å². The molecular weight excluding hydrogens is 260 g/mol. The molecule has 0 aromatic rings. The maximum atomic E-state index is 12.4. The lowest BCUT2D eigenvalue weighted by molar-refractivity contribution is -0.385. The molecule has 0 unspecified atom stereocenters. The van der Waals surface area contributed by atoms with Gasteiger partial charge in [0.1, 0.15) is 5.92 Å². The number of carbonyl (C=O) groups is 1. The fourth-order valence-corrected chi connectivity index (χ4v) is 4.77. The van der Waals surface area contributed by atoms with Crippen LogP contribution in [0.15, 0.2) is 12.7 Å². The Labute approximate surface area is 119 Å². The topological polar surface area (TPSA) is 54.0 Å². The van der Waals surface area contributed by atoms with Crippen molar-refractivity contribution in [2.75, 3.05) is 20.8 Å².